The van der Waals surface area contributed by atoms with Crippen molar-refractivity contribution in [2.45, 2.75) is 44.9 Å². The van der Waals surface area contributed by atoms with E-state index in [1.807, 2.05) is 36.4 Å². The summed E-state index contributed by atoms with van der Waals surface area (Å²) >= 11 is 0. The minimum Gasteiger partial charge on any atom is -0.489 e. The molecule has 190 valence electrons. The van der Waals surface area contributed by atoms with Crippen LogP contribution in [0, 0.1) is 16.7 Å². The highest BCUT2D eigenvalue weighted by atomic mass is 16.5. The quantitative estimate of drug-likeness (QED) is 0.557. The molecule has 4 aliphatic heterocycles. The van der Waals surface area contributed by atoms with Crippen molar-refractivity contribution in [3.8, 4) is 5.75 Å². The fourth-order valence-corrected chi connectivity index (χ4v) is 6.69. The van der Waals surface area contributed by atoms with Gasteiger partial charge in [-0.25, -0.2) is 0 Å². The summed E-state index contributed by atoms with van der Waals surface area (Å²) in [6.45, 7) is 5.30. The first-order valence-corrected chi connectivity index (χ1v) is 13.3. The van der Waals surface area contributed by atoms with E-state index in [1.165, 1.54) is 12.8 Å². The normalized spacial score (nSPS) is 28.1. The highest BCUT2D eigenvalue weighted by Gasteiger charge is 2.48. The van der Waals surface area contributed by atoms with E-state index >= 15 is 0 Å². The number of amides is 2. The van der Waals surface area contributed by atoms with E-state index in [9.17, 15) is 9.59 Å². The second kappa shape index (κ2) is 10.7. The maximum Gasteiger partial charge on any atom is 0.255 e. The summed E-state index contributed by atoms with van der Waals surface area (Å²) in [5.41, 5.74) is 0.380. The molecule has 0 radical (unpaired) electrons. The van der Waals surface area contributed by atoms with Crippen LogP contribution in [-0.4, -0.2) is 69.3 Å². The molecule has 1 aliphatic carbocycles. The van der Waals surface area contributed by atoms with Gasteiger partial charge in [0.2, 0.25) is 5.91 Å². The lowest BCUT2D eigenvalue weighted by Crippen LogP contribution is -2.55. The molecule has 2 amide bonds. The SMILES string of the molecule is O=C1NCC2CCCC23CCN(CC3)C(=O)C2(CCNCC2)COC/C=C\COc2ccccc21. The van der Waals surface area contributed by atoms with Gasteiger partial charge in [0.1, 0.15) is 12.4 Å². The van der Waals surface area contributed by atoms with Gasteiger partial charge in [0.15, 0.2) is 0 Å². The predicted molar refractivity (Wildman–Crippen MR) is 134 cm³/mol. The summed E-state index contributed by atoms with van der Waals surface area (Å²) in [6.07, 6.45) is 11.1. The lowest BCUT2D eigenvalue weighted by molar-refractivity contribution is -0.151. The molecular weight excluding hydrogens is 442 g/mol. The number of fused-ring (bicyclic) bond motifs is 9. The molecule has 7 nitrogen and oxygen atoms in total. The van der Waals surface area contributed by atoms with E-state index < -0.39 is 5.41 Å². The van der Waals surface area contributed by atoms with Crippen molar-refractivity contribution in [2.75, 3.05) is 52.5 Å². The molecule has 2 N–H and O–H groups in total. The summed E-state index contributed by atoms with van der Waals surface area (Å²) in [5, 5.41) is 6.62. The molecule has 1 aromatic rings. The van der Waals surface area contributed by atoms with Crippen LogP contribution >= 0.6 is 0 Å². The van der Waals surface area contributed by atoms with Gasteiger partial charge in [0, 0.05) is 19.6 Å². The Labute approximate surface area is 208 Å². The summed E-state index contributed by atoms with van der Waals surface area (Å²) in [5.74, 6) is 1.26. The van der Waals surface area contributed by atoms with Gasteiger partial charge in [-0.2, -0.15) is 0 Å². The average Bonchev–Trinajstić information content (AvgIpc) is 3.28. The van der Waals surface area contributed by atoms with Gasteiger partial charge in [-0.1, -0.05) is 24.6 Å². The highest BCUT2D eigenvalue weighted by molar-refractivity contribution is 5.96. The molecule has 1 aromatic carbocycles. The molecule has 0 aromatic heterocycles. The predicted octanol–water partition coefficient (Wildman–Crippen LogP) is 3.16. The summed E-state index contributed by atoms with van der Waals surface area (Å²) in [7, 11) is 0. The Morgan fingerprint density at radius 2 is 1.71 bits per heavy atom. The molecular formula is C28H39N3O4. The molecule has 3 fully saturated rings. The van der Waals surface area contributed by atoms with Crippen LogP contribution in [0.2, 0.25) is 0 Å². The zero-order chi connectivity index (χ0) is 24.1. The van der Waals surface area contributed by atoms with Crippen LogP contribution in [0.5, 0.6) is 5.75 Å². The molecule has 2 bridgehead atoms. The van der Waals surface area contributed by atoms with Gasteiger partial charge in [0.05, 0.1) is 24.2 Å². The van der Waals surface area contributed by atoms with E-state index in [1.54, 1.807) is 0 Å². The number of benzene rings is 1. The number of hydrogen-bond acceptors (Lipinski definition) is 5. The van der Waals surface area contributed by atoms with Crippen molar-refractivity contribution in [2.24, 2.45) is 16.7 Å². The van der Waals surface area contributed by atoms with Gasteiger partial charge in [-0.3, -0.25) is 9.59 Å². The standard InChI is InChI=1S/C28H39N3O4/c32-25-23-7-1-2-8-24(23)35-19-4-3-18-34-21-28(10-14-29-15-11-28)26(33)31-16-12-27(13-17-31)9-5-6-22(27)20-30-25/h1-4,7-8,22,29H,5-6,9-21H2,(H,30,32)/b4-3-. The number of nitrogens with one attached hydrogen (secondary N) is 2. The first-order chi connectivity index (χ1) is 17.1. The van der Waals surface area contributed by atoms with Crippen molar-refractivity contribution >= 4 is 11.8 Å². The maximum atomic E-state index is 13.8. The van der Waals surface area contributed by atoms with Gasteiger partial charge in [-0.15, -0.1) is 0 Å². The van der Waals surface area contributed by atoms with E-state index in [4.69, 9.17) is 9.47 Å². The molecule has 2 saturated heterocycles. The van der Waals surface area contributed by atoms with Crippen molar-refractivity contribution in [1.82, 2.24) is 15.5 Å². The van der Waals surface area contributed by atoms with Crippen LogP contribution in [0.25, 0.3) is 0 Å². The van der Waals surface area contributed by atoms with E-state index in [0.29, 0.717) is 43.6 Å². The third-order valence-corrected chi connectivity index (χ3v) is 8.89. The Morgan fingerprint density at radius 3 is 2.54 bits per heavy atom. The van der Waals surface area contributed by atoms with Crippen molar-refractivity contribution in [3.05, 3.63) is 42.0 Å². The van der Waals surface area contributed by atoms with Crippen molar-refractivity contribution < 1.29 is 19.1 Å². The van der Waals surface area contributed by atoms with Crippen LogP contribution in [-0.2, 0) is 9.53 Å². The Morgan fingerprint density at radius 1 is 0.943 bits per heavy atom. The monoisotopic (exact) mass is 481 g/mol. The minimum atomic E-state index is -0.426. The van der Waals surface area contributed by atoms with E-state index in [0.717, 1.165) is 58.3 Å². The number of rotatable bonds is 0. The van der Waals surface area contributed by atoms with Crippen LogP contribution in [0.15, 0.2) is 36.4 Å². The van der Waals surface area contributed by atoms with E-state index in [-0.39, 0.29) is 17.2 Å². The van der Waals surface area contributed by atoms with Crippen LogP contribution in [0.4, 0.5) is 0 Å². The fraction of sp³-hybridized carbons (Fsp3) is 0.643. The van der Waals surface area contributed by atoms with Crippen LogP contribution in [0.3, 0.4) is 0 Å². The number of para-hydroxylation sites is 1. The average molecular weight is 482 g/mol. The Kier molecular flexibility index (Phi) is 7.44. The molecule has 6 rings (SSSR count). The van der Waals surface area contributed by atoms with Gasteiger partial charge < -0.3 is 25.0 Å². The number of ether oxygens (including phenoxy) is 2. The molecule has 1 unspecified atom stereocenters. The zero-order valence-corrected chi connectivity index (χ0v) is 20.7. The molecule has 4 heterocycles. The van der Waals surface area contributed by atoms with Crippen molar-refractivity contribution in [3.63, 3.8) is 0 Å². The number of nitrogens with zero attached hydrogens (tertiary/aromatic N) is 1. The first-order valence-electron chi connectivity index (χ1n) is 13.3. The number of carbonyl (C=O) groups is 2. The van der Waals surface area contributed by atoms with Gasteiger partial charge in [0.25, 0.3) is 5.91 Å². The molecule has 2 spiro atoms. The van der Waals surface area contributed by atoms with Gasteiger partial charge >= 0.3 is 0 Å². The zero-order valence-electron chi connectivity index (χ0n) is 20.7. The summed E-state index contributed by atoms with van der Waals surface area (Å²) < 4.78 is 12.0. The van der Waals surface area contributed by atoms with Crippen LogP contribution < -0.4 is 15.4 Å². The minimum absolute atomic E-state index is 0.0756. The third kappa shape index (κ3) is 5.12. The highest BCUT2D eigenvalue weighted by Crippen LogP contribution is 2.50. The molecule has 5 aliphatic rings. The van der Waals surface area contributed by atoms with Gasteiger partial charge in [-0.05, 0) is 81.2 Å². The molecule has 1 atom stereocenters. The molecule has 1 saturated carbocycles. The Bertz CT molecular complexity index is 932. The number of hydrogen-bond donors (Lipinski definition) is 2. The second-order valence-electron chi connectivity index (χ2n) is 10.8. The third-order valence-electron chi connectivity index (χ3n) is 8.89. The number of carbonyl (C=O) groups excluding carboxylic acids is 2. The Balaban J connectivity index is 1.37. The summed E-state index contributed by atoms with van der Waals surface area (Å²) in [4.78, 5) is 29.0. The topological polar surface area (TPSA) is 79.9 Å². The van der Waals surface area contributed by atoms with Crippen molar-refractivity contribution in [1.29, 1.82) is 0 Å². The van der Waals surface area contributed by atoms with E-state index in [2.05, 4.69) is 15.5 Å². The second-order valence-corrected chi connectivity index (χ2v) is 10.8. The smallest absolute Gasteiger partial charge is 0.255 e. The molecule has 35 heavy (non-hydrogen) atoms. The summed E-state index contributed by atoms with van der Waals surface area (Å²) in [6, 6.07) is 7.44. The largest absolute Gasteiger partial charge is 0.489 e. The molecule has 7 heteroatoms. The number of piperidine rings is 2. The Hall–Kier alpha value is -2.38. The lowest BCUT2D eigenvalue weighted by Gasteiger charge is -2.46. The van der Waals surface area contributed by atoms with Crippen LogP contribution in [0.1, 0.15) is 55.3 Å². The lowest BCUT2D eigenvalue weighted by atomic mass is 9.69. The fourth-order valence-electron chi connectivity index (χ4n) is 6.69. The first kappa shape index (κ1) is 24.3. The maximum absolute atomic E-state index is 13.8.